The van der Waals surface area contributed by atoms with Crippen molar-refractivity contribution >= 4 is 28.2 Å². The molecule has 0 aliphatic carbocycles. The van der Waals surface area contributed by atoms with E-state index in [-0.39, 0.29) is 12.2 Å². The predicted molar refractivity (Wildman–Crippen MR) is 75.0 cm³/mol. The van der Waals surface area contributed by atoms with E-state index in [0.29, 0.717) is 5.56 Å². The van der Waals surface area contributed by atoms with Crippen molar-refractivity contribution in [2.45, 2.75) is 4.90 Å². The molecule has 0 atom stereocenters. The number of hydrogen-bond acceptors (Lipinski definition) is 3. The van der Waals surface area contributed by atoms with Gasteiger partial charge in [-0.15, -0.1) is 11.8 Å². The maximum Gasteiger partial charge on any atom is 0.259 e. The molecule has 0 spiro atoms. The van der Waals surface area contributed by atoms with Crippen LogP contribution in [0.15, 0.2) is 40.0 Å². The van der Waals surface area contributed by atoms with Gasteiger partial charge in [0.15, 0.2) is 0 Å². The molecule has 0 unspecified atom stereocenters. The molecule has 0 saturated heterocycles. The second-order valence-electron chi connectivity index (χ2n) is 4.28. The maximum absolute atomic E-state index is 12.4. The van der Waals surface area contributed by atoms with Crippen LogP contribution in [-0.2, 0) is 7.05 Å². The zero-order chi connectivity index (χ0) is 12.7. The highest BCUT2D eigenvalue weighted by Gasteiger charge is 2.20. The molecule has 1 N–H and O–H groups in total. The van der Waals surface area contributed by atoms with Gasteiger partial charge in [-0.1, -0.05) is 24.3 Å². The Bertz CT molecular complexity index is 716. The number of aromatic nitrogens is 1. The largest absolute Gasteiger partial charge is 0.392 e. The summed E-state index contributed by atoms with van der Waals surface area (Å²) in [5, 5.41) is 10.5. The average molecular weight is 259 g/mol. The first-order valence-corrected chi connectivity index (χ1v) is 6.77. The van der Waals surface area contributed by atoms with Gasteiger partial charge in [0.25, 0.3) is 5.56 Å². The van der Waals surface area contributed by atoms with Crippen molar-refractivity contribution < 1.29 is 5.11 Å². The third-order valence-corrected chi connectivity index (χ3v) is 4.35. The van der Waals surface area contributed by atoms with Crippen molar-refractivity contribution in [3.63, 3.8) is 0 Å². The molecule has 2 heterocycles. The standard InChI is InChI=1S/C14H13NO2S/c1-15-11-5-3-2-4-10(11)13-12(14(15)17)9(8-16)6-7-18-13/h2-6,16H,7-8H2,1H3. The van der Waals surface area contributed by atoms with E-state index in [1.807, 2.05) is 30.3 Å². The Morgan fingerprint density at radius 2 is 2.17 bits per heavy atom. The van der Waals surface area contributed by atoms with Gasteiger partial charge in [0.05, 0.1) is 17.7 Å². The van der Waals surface area contributed by atoms with Crippen LogP contribution in [0.4, 0.5) is 0 Å². The Morgan fingerprint density at radius 3 is 2.94 bits per heavy atom. The van der Waals surface area contributed by atoms with Crippen molar-refractivity contribution in [1.29, 1.82) is 0 Å². The molecule has 4 heteroatoms. The summed E-state index contributed by atoms with van der Waals surface area (Å²) >= 11 is 1.66. The van der Waals surface area contributed by atoms with Gasteiger partial charge in [-0.3, -0.25) is 4.79 Å². The average Bonchev–Trinajstić information content (AvgIpc) is 2.44. The summed E-state index contributed by atoms with van der Waals surface area (Å²) in [6, 6.07) is 7.89. The third-order valence-electron chi connectivity index (χ3n) is 3.30. The third kappa shape index (κ3) is 1.53. The number of para-hydroxylation sites is 1. The lowest BCUT2D eigenvalue weighted by Crippen LogP contribution is -2.24. The van der Waals surface area contributed by atoms with Gasteiger partial charge in [-0.2, -0.15) is 0 Å². The number of fused-ring (bicyclic) bond motifs is 3. The lowest BCUT2D eigenvalue weighted by molar-refractivity contribution is 0.349. The minimum atomic E-state index is -0.0822. The van der Waals surface area contributed by atoms with Crippen LogP contribution in [-0.4, -0.2) is 22.0 Å². The Balaban J connectivity index is 2.50. The minimum Gasteiger partial charge on any atom is -0.392 e. The molecule has 0 bridgehead atoms. The number of hydrogen-bond donors (Lipinski definition) is 1. The van der Waals surface area contributed by atoms with Crippen molar-refractivity contribution in [2.24, 2.45) is 7.05 Å². The fourth-order valence-corrected chi connectivity index (χ4v) is 3.51. The first kappa shape index (κ1) is 11.6. The van der Waals surface area contributed by atoms with Crippen LogP contribution < -0.4 is 5.56 Å². The molecule has 0 amide bonds. The van der Waals surface area contributed by atoms with Gasteiger partial charge in [-0.25, -0.2) is 0 Å². The molecular formula is C14H13NO2S. The van der Waals surface area contributed by atoms with E-state index < -0.39 is 0 Å². The molecular weight excluding hydrogens is 246 g/mol. The molecule has 18 heavy (non-hydrogen) atoms. The van der Waals surface area contributed by atoms with Crippen LogP contribution in [0, 0.1) is 0 Å². The van der Waals surface area contributed by atoms with Gasteiger partial charge in [-0.05, 0) is 11.6 Å². The van der Waals surface area contributed by atoms with Crippen molar-refractivity contribution in [3.05, 3.63) is 46.3 Å². The number of aryl methyl sites for hydroxylation is 1. The van der Waals surface area contributed by atoms with Crippen LogP contribution in [0.25, 0.3) is 16.5 Å². The highest BCUT2D eigenvalue weighted by Crippen LogP contribution is 2.36. The summed E-state index contributed by atoms with van der Waals surface area (Å²) in [7, 11) is 1.78. The van der Waals surface area contributed by atoms with Crippen molar-refractivity contribution in [3.8, 4) is 0 Å². The maximum atomic E-state index is 12.4. The predicted octanol–water partition coefficient (Wildman–Crippen LogP) is 2.02. The van der Waals surface area contributed by atoms with E-state index >= 15 is 0 Å². The molecule has 3 rings (SSSR count). The number of thioether (sulfide) groups is 1. The fraction of sp³-hybridized carbons (Fsp3) is 0.214. The Labute approximate surface area is 109 Å². The van der Waals surface area contributed by atoms with Crippen molar-refractivity contribution in [1.82, 2.24) is 4.57 Å². The van der Waals surface area contributed by atoms with Gasteiger partial charge >= 0.3 is 0 Å². The summed E-state index contributed by atoms with van der Waals surface area (Å²) in [5.74, 6) is 0.806. The van der Waals surface area contributed by atoms with Crippen LogP contribution in [0.2, 0.25) is 0 Å². The van der Waals surface area contributed by atoms with Gasteiger partial charge < -0.3 is 9.67 Å². The number of benzene rings is 1. The molecule has 0 radical (unpaired) electrons. The Hall–Kier alpha value is -1.52. The molecule has 3 nitrogen and oxygen atoms in total. The number of pyridine rings is 1. The van der Waals surface area contributed by atoms with E-state index in [4.69, 9.17) is 0 Å². The quantitative estimate of drug-likeness (QED) is 0.852. The highest BCUT2D eigenvalue weighted by molar-refractivity contribution is 7.99. The van der Waals surface area contributed by atoms with E-state index in [0.717, 1.165) is 27.1 Å². The van der Waals surface area contributed by atoms with Gasteiger partial charge in [0.1, 0.15) is 0 Å². The van der Waals surface area contributed by atoms with Gasteiger partial charge in [0, 0.05) is 23.1 Å². The zero-order valence-electron chi connectivity index (χ0n) is 10.0. The number of rotatable bonds is 1. The van der Waals surface area contributed by atoms with Crippen LogP contribution >= 0.6 is 11.8 Å². The van der Waals surface area contributed by atoms with Crippen LogP contribution in [0.5, 0.6) is 0 Å². The molecule has 1 aliphatic heterocycles. The smallest absolute Gasteiger partial charge is 0.259 e. The number of aliphatic hydroxyl groups is 1. The molecule has 0 fully saturated rings. The first-order valence-electron chi connectivity index (χ1n) is 5.79. The number of nitrogens with zero attached hydrogens (tertiary/aromatic N) is 1. The van der Waals surface area contributed by atoms with Crippen molar-refractivity contribution in [2.75, 3.05) is 12.4 Å². The van der Waals surface area contributed by atoms with E-state index in [1.54, 1.807) is 23.4 Å². The number of aliphatic hydroxyl groups excluding tert-OH is 1. The molecule has 1 aromatic heterocycles. The highest BCUT2D eigenvalue weighted by atomic mass is 32.2. The summed E-state index contributed by atoms with van der Waals surface area (Å²) < 4.78 is 1.66. The Kier molecular flexibility index (Phi) is 2.76. The summed E-state index contributed by atoms with van der Waals surface area (Å²) in [4.78, 5) is 13.4. The summed E-state index contributed by atoms with van der Waals surface area (Å²) in [6.07, 6.45) is 1.93. The topological polar surface area (TPSA) is 42.2 Å². The van der Waals surface area contributed by atoms with E-state index in [9.17, 15) is 9.90 Å². The van der Waals surface area contributed by atoms with Crippen LogP contribution in [0.1, 0.15) is 5.56 Å². The summed E-state index contributed by atoms with van der Waals surface area (Å²) in [6.45, 7) is -0.0822. The molecule has 1 aliphatic rings. The SMILES string of the molecule is Cn1c(=O)c2c(c3ccccc31)SCC=C2CO. The second-order valence-corrected chi connectivity index (χ2v) is 5.31. The normalized spacial score (nSPS) is 14.4. The molecule has 2 aromatic rings. The minimum absolute atomic E-state index is 0.0313. The fourth-order valence-electron chi connectivity index (χ4n) is 2.37. The van der Waals surface area contributed by atoms with Gasteiger partial charge in [0.2, 0.25) is 0 Å². The second kappa shape index (κ2) is 4.30. The van der Waals surface area contributed by atoms with Crippen LogP contribution in [0.3, 0.4) is 0 Å². The Morgan fingerprint density at radius 1 is 1.39 bits per heavy atom. The van der Waals surface area contributed by atoms with E-state index in [2.05, 4.69) is 0 Å². The summed E-state index contributed by atoms with van der Waals surface area (Å²) in [5.41, 5.74) is 2.31. The molecule has 92 valence electrons. The zero-order valence-corrected chi connectivity index (χ0v) is 10.8. The lowest BCUT2D eigenvalue weighted by atomic mass is 10.0. The lowest BCUT2D eigenvalue weighted by Gasteiger charge is -2.19. The van der Waals surface area contributed by atoms with E-state index in [1.165, 1.54) is 0 Å². The molecule has 0 saturated carbocycles. The monoisotopic (exact) mass is 259 g/mol. The molecule has 1 aromatic carbocycles. The first-order chi connectivity index (χ1) is 8.74.